The van der Waals surface area contributed by atoms with Crippen molar-refractivity contribution in [1.82, 2.24) is 10.0 Å². The van der Waals surface area contributed by atoms with Crippen LogP contribution in [0.25, 0.3) is 10.2 Å². The molecule has 0 spiro atoms. The highest BCUT2D eigenvalue weighted by Gasteiger charge is 2.26. The Morgan fingerprint density at radius 3 is 2.76 bits per heavy atom. The summed E-state index contributed by atoms with van der Waals surface area (Å²) in [6.07, 6.45) is 2.12. The number of thiophene rings is 1. The quantitative estimate of drug-likeness (QED) is 0.368. The van der Waals surface area contributed by atoms with Gasteiger partial charge in [0.2, 0.25) is 0 Å². The van der Waals surface area contributed by atoms with Gasteiger partial charge in [-0.2, -0.15) is 0 Å². The van der Waals surface area contributed by atoms with Crippen LogP contribution in [0, 0.1) is 21.1 Å². The van der Waals surface area contributed by atoms with E-state index in [4.69, 9.17) is 4.84 Å². The van der Waals surface area contributed by atoms with Gasteiger partial charge in [-0.05, 0) is 59.5 Å². The number of aromatic nitrogens is 1. The summed E-state index contributed by atoms with van der Waals surface area (Å²) >= 11 is 2.85. The summed E-state index contributed by atoms with van der Waals surface area (Å²) in [5.74, 6) is -1.42. The van der Waals surface area contributed by atoms with Gasteiger partial charge in [-0.3, -0.25) is 14.4 Å². The molecule has 0 bridgehead atoms. The molecule has 0 unspecified atom stereocenters. The van der Waals surface area contributed by atoms with Gasteiger partial charge in [0.1, 0.15) is 16.5 Å². The first-order valence-electron chi connectivity index (χ1n) is 8.81. The fraction of sp³-hybridized carbons (Fsp3) is 0.263. The van der Waals surface area contributed by atoms with Crippen molar-refractivity contribution in [3.63, 3.8) is 0 Å². The lowest BCUT2D eigenvalue weighted by Crippen LogP contribution is -2.24. The molecule has 1 amide bonds. The van der Waals surface area contributed by atoms with Crippen molar-refractivity contribution in [2.75, 3.05) is 11.9 Å². The maximum Gasteiger partial charge on any atom is 0.287 e. The standard InChI is InChI=1S/C19H16F2IN3O3S/c1-25-14(26)7-12(21)17-16(25)15(23-13-5-4-10(22)6-11(13)20)18(29-17)19(27)24-28-8-9-2-3-9/h4-7,9,23H,2-3,8H2,1H3,(H,24,27). The molecular formula is C19H16F2IN3O3S. The summed E-state index contributed by atoms with van der Waals surface area (Å²) in [7, 11) is 1.47. The van der Waals surface area contributed by atoms with Crippen LogP contribution in [-0.4, -0.2) is 17.1 Å². The second-order valence-electron chi connectivity index (χ2n) is 6.81. The van der Waals surface area contributed by atoms with E-state index in [1.165, 1.54) is 23.7 Å². The molecule has 0 radical (unpaired) electrons. The number of carbonyl (C=O) groups excluding carboxylic acids is 1. The molecule has 6 nitrogen and oxygen atoms in total. The fourth-order valence-corrected chi connectivity index (χ4v) is 4.38. The Labute approximate surface area is 182 Å². The molecule has 0 atom stereocenters. The molecule has 10 heteroatoms. The zero-order chi connectivity index (χ0) is 20.7. The maximum atomic E-state index is 14.5. The molecule has 29 heavy (non-hydrogen) atoms. The van der Waals surface area contributed by atoms with Gasteiger partial charge in [-0.25, -0.2) is 14.3 Å². The topological polar surface area (TPSA) is 72.4 Å². The summed E-state index contributed by atoms with van der Waals surface area (Å²) in [6.45, 7) is 0.401. The Morgan fingerprint density at radius 1 is 1.31 bits per heavy atom. The summed E-state index contributed by atoms with van der Waals surface area (Å²) in [4.78, 5) is 30.1. The molecule has 1 fully saturated rings. The van der Waals surface area contributed by atoms with Gasteiger partial charge in [0.25, 0.3) is 11.5 Å². The molecule has 4 rings (SSSR count). The average molecular weight is 531 g/mol. The van der Waals surface area contributed by atoms with Crippen LogP contribution in [-0.2, 0) is 11.9 Å². The van der Waals surface area contributed by atoms with Gasteiger partial charge in [0.05, 0.1) is 28.2 Å². The van der Waals surface area contributed by atoms with Crippen LogP contribution in [0.1, 0.15) is 22.5 Å². The highest BCUT2D eigenvalue weighted by atomic mass is 127. The molecule has 2 aromatic heterocycles. The number of carbonyl (C=O) groups is 1. The third-order valence-electron chi connectivity index (χ3n) is 4.59. The van der Waals surface area contributed by atoms with Gasteiger partial charge in [0.15, 0.2) is 0 Å². The number of anilines is 2. The molecule has 2 heterocycles. The van der Waals surface area contributed by atoms with E-state index >= 15 is 0 Å². The molecule has 1 aliphatic rings. The van der Waals surface area contributed by atoms with E-state index in [9.17, 15) is 18.4 Å². The van der Waals surface area contributed by atoms with Crippen molar-refractivity contribution in [3.8, 4) is 0 Å². The van der Waals surface area contributed by atoms with Crippen LogP contribution in [0.4, 0.5) is 20.2 Å². The number of nitrogens with one attached hydrogen (secondary N) is 2. The second kappa shape index (κ2) is 8.00. The van der Waals surface area contributed by atoms with E-state index in [1.54, 1.807) is 6.07 Å². The number of halogens is 3. The van der Waals surface area contributed by atoms with Gasteiger partial charge in [0, 0.05) is 16.7 Å². The van der Waals surface area contributed by atoms with Crippen LogP contribution >= 0.6 is 33.9 Å². The number of aryl methyl sites for hydroxylation is 1. The number of benzene rings is 1. The molecule has 2 N–H and O–H groups in total. The molecule has 1 aromatic carbocycles. The fourth-order valence-electron chi connectivity index (χ4n) is 2.84. The number of fused-ring (bicyclic) bond motifs is 1. The van der Waals surface area contributed by atoms with Crippen LogP contribution in [0.3, 0.4) is 0 Å². The van der Waals surface area contributed by atoms with Gasteiger partial charge < -0.3 is 9.88 Å². The molecule has 3 aromatic rings. The molecule has 0 aliphatic heterocycles. The van der Waals surface area contributed by atoms with E-state index in [-0.39, 0.29) is 26.5 Å². The van der Waals surface area contributed by atoms with Gasteiger partial charge >= 0.3 is 0 Å². The Kier molecular flexibility index (Phi) is 5.58. The number of nitrogens with zero attached hydrogens (tertiary/aromatic N) is 1. The van der Waals surface area contributed by atoms with Crippen LogP contribution < -0.4 is 16.4 Å². The highest BCUT2D eigenvalue weighted by molar-refractivity contribution is 14.1. The number of hydrogen-bond acceptors (Lipinski definition) is 5. The molecule has 0 saturated heterocycles. The third-order valence-corrected chi connectivity index (χ3v) is 6.45. The Bertz CT molecular complexity index is 1170. The average Bonchev–Trinajstić information content (AvgIpc) is 3.41. The zero-order valence-corrected chi connectivity index (χ0v) is 18.2. The molecule has 1 aliphatic carbocycles. The molecule has 1 saturated carbocycles. The monoisotopic (exact) mass is 531 g/mol. The van der Waals surface area contributed by atoms with Crippen LogP contribution in [0.5, 0.6) is 0 Å². The first kappa shape index (κ1) is 20.2. The Morgan fingerprint density at radius 2 is 2.07 bits per heavy atom. The van der Waals surface area contributed by atoms with Crippen molar-refractivity contribution < 1.29 is 18.4 Å². The van der Waals surface area contributed by atoms with E-state index < -0.39 is 23.1 Å². The number of hydrogen-bond donors (Lipinski definition) is 2. The first-order valence-corrected chi connectivity index (χ1v) is 10.7. The molecule has 152 valence electrons. The largest absolute Gasteiger partial charge is 0.350 e. The van der Waals surface area contributed by atoms with Crippen LogP contribution in [0.15, 0.2) is 29.1 Å². The maximum absolute atomic E-state index is 14.5. The summed E-state index contributed by atoms with van der Waals surface area (Å²) in [5.41, 5.74) is 2.23. The van der Waals surface area contributed by atoms with Crippen molar-refractivity contribution in [3.05, 3.63) is 54.7 Å². The van der Waals surface area contributed by atoms with E-state index in [0.29, 0.717) is 16.1 Å². The molecular weight excluding hydrogens is 515 g/mol. The Hall–Kier alpha value is -2.05. The lowest BCUT2D eigenvalue weighted by atomic mass is 10.2. The van der Waals surface area contributed by atoms with Crippen LogP contribution in [0.2, 0.25) is 0 Å². The van der Waals surface area contributed by atoms with Crippen molar-refractivity contribution in [2.24, 2.45) is 13.0 Å². The minimum atomic E-state index is -0.739. The van der Waals surface area contributed by atoms with Gasteiger partial charge in [-0.1, -0.05) is 0 Å². The number of amides is 1. The van der Waals surface area contributed by atoms with Crippen molar-refractivity contribution in [1.29, 1.82) is 0 Å². The van der Waals surface area contributed by atoms with E-state index in [1.807, 2.05) is 22.6 Å². The lowest BCUT2D eigenvalue weighted by molar-refractivity contribution is 0.0274. The number of pyridine rings is 1. The SMILES string of the molecule is Cn1c(=O)cc(F)c2sc(C(=O)NOCC3CC3)c(Nc3ccc(I)cc3F)c21. The summed E-state index contributed by atoms with van der Waals surface area (Å²) in [5, 5.41) is 2.87. The smallest absolute Gasteiger partial charge is 0.287 e. The second-order valence-corrected chi connectivity index (χ2v) is 9.07. The normalized spacial score (nSPS) is 13.7. The predicted molar refractivity (Wildman–Crippen MR) is 116 cm³/mol. The van der Waals surface area contributed by atoms with Crippen molar-refractivity contribution >= 4 is 61.4 Å². The minimum absolute atomic E-state index is 0.0915. The van der Waals surface area contributed by atoms with E-state index in [0.717, 1.165) is 30.2 Å². The van der Waals surface area contributed by atoms with Gasteiger partial charge in [-0.15, -0.1) is 11.3 Å². The number of rotatable bonds is 6. The predicted octanol–water partition coefficient (Wildman–Crippen LogP) is 4.30. The van der Waals surface area contributed by atoms with E-state index in [2.05, 4.69) is 10.8 Å². The third kappa shape index (κ3) is 4.14. The lowest BCUT2D eigenvalue weighted by Gasteiger charge is -2.11. The summed E-state index contributed by atoms with van der Waals surface area (Å²) in [6, 6.07) is 5.40. The summed E-state index contributed by atoms with van der Waals surface area (Å²) < 4.78 is 30.9. The number of hydroxylamine groups is 1. The minimum Gasteiger partial charge on any atom is -0.350 e. The highest BCUT2D eigenvalue weighted by Crippen LogP contribution is 2.38. The Balaban J connectivity index is 1.79. The first-order chi connectivity index (χ1) is 13.8. The zero-order valence-electron chi connectivity index (χ0n) is 15.2. The van der Waals surface area contributed by atoms with Crippen molar-refractivity contribution in [2.45, 2.75) is 12.8 Å².